The van der Waals surface area contributed by atoms with Gasteiger partial charge in [-0.3, -0.25) is 14.4 Å². The van der Waals surface area contributed by atoms with Crippen LogP contribution in [0.1, 0.15) is 63.2 Å². The van der Waals surface area contributed by atoms with Gasteiger partial charge in [0.25, 0.3) is 5.91 Å². The lowest BCUT2D eigenvalue weighted by molar-refractivity contribution is -0.192. The maximum Gasteiger partial charge on any atom is 0.490 e. The molecule has 0 unspecified atom stereocenters. The molecular weight excluding hydrogens is 772 g/mol. The predicted molar refractivity (Wildman–Crippen MR) is 191 cm³/mol. The van der Waals surface area contributed by atoms with Gasteiger partial charge in [0, 0.05) is 62.3 Å². The van der Waals surface area contributed by atoms with Gasteiger partial charge in [-0.15, -0.1) is 0 Å². The molecule has 0 atom stereocenters. The van der Waals surface area contributed by atoms with Gasteiger partial charge in [-0.1, -0.05) is 12.1 Å². The van der Waals surface area contributed by atoms with E-state index in [0.29, 0.717) is 18.7 Å². The monoisotopic (exact) mass is 808 g/mol. The van der Waals surface area contributed by atoms with Gasteiger partial charge in [-0.25, -0.2) is 13.6 Å². The van der Waals surface area contributed by atoms with Crippen molar-refractivity contribution in [1.82, 2.24) is 14.6 Å². The Morgan fingerprint density at radius 3 is 2.18 bits per heavy atom. The Balaban J connectivity index is 0.000000811. The lowest BCUT2D eigenvalue weighted by Crippen LogP contribution is -2.35. The van der Waals surface area contributed by atoms with Crippen LogP contribution in [-0.4, -0.2) is 83.5 Å². The molecule has 0 spiro atoms. The van der Waals surface area contributed by atoms with Crippen LogP contribution in [0.15, 0.2) is 66.9 Å². The quantitative estimate of drug-likeness (QED) is 0.0912. The number of benzene rings is 2. The van der Waals surface area contributed by atoms with Crippen LogP contribution in [0.5, 0.6) is 0 Å². The molecule has 1 saturated carbocycles. The Labute approximate surface area is 320 Å². The number of anilines is 1. The lowest BCUT2D eigenvalue weighted by atomic mass is 9.90. The minimum atomic E-state index is -5.08. The number of carboxylic acid groups (broad SMARTS) is 1. The number of pyridine rings is 1. The molecule has 0 bridgehead atoms. The molecule has 0 saturated heterocycles. The third kappa shape index (κ3) is 9.86. The number of methoxy groups -OCH3 is 1. The Bertz CT molecular complexity index is 2180. The molecule has 57 heavy (non-hydrogen) atoms. The fourth-order valence-electron chi connectivity index (χ4n) is 6.69. The van der Waals surface area contributed by atoms with Crippen LogP contribution in [-0.2, 0) is 26.9 Å². The van der Waals surface area contributed by atoms with E-state index >= 15 is 8.78 Å². The fourth-order valence-corrected chi connectivity index (χ4v) is 6.69. The van der Waals surface area contributed by atoms with E-state index in [1.807, 2.05) is 0 Å². The van der Waals surface area contributed by atoms with E-state index in [1.54, 1.807) is 20.2 Å². The number of amides is 2. The van der Waals surface area contributed by atoms with Gasteiger partial charge in [0.2, 0.25) is 11.7 Å². The average Bonchev–Trinajstić information content (AvgIpc) is 3.60. The zero-order valence-corrected chi connectivity index (χ0v) is 30.4. The van der Waals surface area contributed by atoms with Gasteiger partial charge in [-0.05, 0) is 85.7 Å². The van der Waals surface area contributed by atoms with Crippen molar-refractivity contribution in [1.29, 1.82) is 0 Å². The molecule has 6 rings (SSSR count). The number of aliphatic carboxylic acids is 1. The Morgan fingerprint density at radius 1 is 0.930 bits per heavy atom. The van der Waals surface area contributed by atoms with Crippen molar-refractivity contribution in [2.24, 2.45) is 0 Å². The summed E-state index contributed by atoms with van der Waals surface area (Å²) in [6.45, 7) is 0.684. The second-order valence-electron chi connectivity index (χ2n) is 13.4. The van der Waals surface area contributed by atoms with Gasteiger partial charge < -0.3 is 29.8 Å². The van der Waals surface area contributed by atoms with Crippen LogP contribution < -0.4 is 10.6 Å². The number of ketones is 1. The van der Waals surface area contributed by atoms with Crippen LogP contribution >= 0.6 is 0 Å². The van der Waals surface area contributed by atoms with Gasteiger partial charge in [0.1, 0.15) is 17.3 Å². The summed E-state index contributed by atoms with van der Waals surface area (Å²) in [5.41, 5.74) is -1.53. The van der Waals surface area contributed by atoms with Gasteiger partial charge in [0.15, 0.2) is 0 Å². The number of carbonyl (C=O) groups excluding carboxylic acids is 3. The molecule has 0 radical (unpaired) electrons. The number of likely N-dealkylation sites (N-methyl/N-ethyl adjacent to an activating group) is 1. The van der Waals surface area contributed by atoms with E-state index in [2.05, 4.69) is 10.6 Å². The topological polar surface area (TPSA) is 129 Å². The summed E-state index contributed by atoms with van der Waals surface area (Å²) in [5, 5.41) is 12.6. The van der Waals surface area contributed by atoms with Crippen LogP contribution in [0.25, 0.3) is 16.6 Å². The number of nitrogens with one attached hydrogen (secondary N) is 2. The minimum Gasteiger partial charge on any atom is -0.475 e. The Morgan fingerprint density at radius 2 is 1.58 bits per heavy atom. The van der Waals surface area contributed by atoms with E-state index in [-0.39, 0.29) is 52.0 Å². The zero-order chi connectivity index (χ0) is 41.8. The zero-order valence-electron chi connectivity index (χ0n) is 30.4. The summed E-state index contributed by atoms with van der Waals surface area (Å²) in [7, 11) is 3.27. The number of nitrogens with zero attached hydrogens (tertiary/aromatic N) is 2. The molecule has 2 aromatic carbocycles. The van der Waals surface area contributed by atoms with Crippen LogP contribution in [0.2, 0.25) is 0 Å². The van der Waals surface area contributed by atoms with Gasteiger partial charge in [0.05, 0.1) is 22.9 Å². The molecule has 1 aliphatic heterocycles. The van der Waals surface area contributed by atoms with Crippen molar-refractivity contribution >= 4 is 34.8 Å². The lowest BCUT2D eigenvalue weighted by Gasteiger charge is -2.27. The van der Waals surface area contributed by atoms with Crippen molar-refractivity contribution in [3.05, 3.63) is 106 Å². The first-order valence-electron chi connectivity index (χ1n) is 17.5. The van der Waals surface area contributed by atoms with Crippen LogP contribution in [0.4, 0.5) is 40.8 Å². The highest BCUT2D eigenvalue weighted by molar-refractivity contribution is 6.10. The second-order valence-corrected chi connectivity index (χ2v) is 13.4. The number of aromatic nitrogens is 1. The number of halogens is 8. The summed E-state index contributed by atoms with van der Waals surface area (Å²) < 4.78 is 112. The summed E-state index contributed by atoms with van der Waals surface area (Å²) in [6.07, 6.45) is -1.37. The molecule has 1 aliphatic carbocycles. The number of carboxylic acids is 1. The first kappa shape index (κ1) is 42.5. The number of rotatable bonds is 9. The molecule has 3 N–H and O–H groups in total. The first-order valence-corrected chi connectivity index (χ1v) is 17.5. The molecule has 3 heterocycles. The predicted octanol–water partition coefficient (Wildman–Crippen LogP) is 7.44. The molecule has 4 aromatic rings. The molecule has 304 valence electrons. The van der Waals surface area contributed by atoms with Crippen molar-refractivity contribution in [2.75, 3.05) is 32.6 Å². The van der Waals surface area contributed by atoms with E-state index in [0.717, 1.165) is 50.0 Å². The minimum absolute atomic E-state index is 0.0640. The van der Waals surface area contributed by atoms with Crippen molar-refractivity contribution in [3.63, 3.8) is 0 Å². The third-order valence-corrected chi connectivity index (χ3v) is 9.65. The normalized spacial score (nSPS) is 17.3. The first-order chi connectivity index (χ1) is 26.8. The largest absolute Gasteiger partial charge is 0.490 e. The number of hydrogen-bond donors (Lipinski definition) is 3. The van der Waals surface area contributed by atoms with E-state index in [1.165, 1.54) is 45.8 Å². The smallest absolute Gasteiger partial charge is 0.475 e. The number of hydrogen-bond acceptors (Lipinski definition) is 6. The summed E-state index contributed by atoms with van der Waals surface area (Å²) in [5.74, 6) is -7.07. The number of ether oxygens (including phenoxy) is 1. The standard InChI is InChI=1S/C37H35F5N4O4.C2HF3O2/c1-45-16-13-21-17-28(37(40,41)42)27(20-26(21)36(45)49)25-5-4-15-46-31(25)11-12-32(46)35(48)22-18-29(38)34(30(39)19-22)44-33(47)6-3-14-43-23-7-9-24(50-2)10-8-23;3-2(4,5)1(6)7/h3-6,11-12,15,17-20,23-24,43H,7-10,13-14,16H2,1-2H3,(H,44,47);(H,6,7)/b6-3+;. The number of carbonyl (C=O) groups is 4. The van der Waals surface area contributed by atoms with Crippen LogP contribution in [0, 0.1) is 11.6 Å². The molecule has 18 heteroatoms. The van der Waals surface area contributed by atoms with Crippen molar-refractivity contribution in [3.8, 4) is 11.1 Å². The second kappa shape index (κ2) is 17.3. The molecule has 2 aliphatic rings. The molecule has 2 amide bonds. The Kier molecular flexibility index (Phi) is 12.9. The average molecular weight is 809 g/mol. The summed E-state index contributed by atoms with van der Waals surface area (Å²) in [6, 6.07) is 9.78. The number of alkyl halides is 6. The maximum absolute atomic E-state index is 15.1. The summed E-state index contributed by atoms with van der Waals surface area (Å²) >= 11 is 0. The van der Waals surface area contributed by atoms with Crippen LogP contribution in [0.3, 0.4) is 0 Å². The number of fused-ring (bicyclic) bond motifs is 2. The van der Waals surface area contributed by atoms with Gasteiger partial charge in [-0.2, -0.15) is 26.3 Å². The van der Waals surface area contributed by atoms with Gasteiger partial charge >= 0.3 is 18.3 Å². The highest BCUT2D eigenvalue weighted by atomic mass is 19.4. The van der Waals surface area contributed by atoms with E-state index in [9.17, 15) is 40.7 Å². The van der Waals surface area contributed by atoms with Crippen molar-refractivity contribution in [2.45, 2.75) is 56.6 Å². The van der Waals surface area contributed by atoms with E-state index in [4.69, 9.17) is 14.6 Å². The molecule has 1 fully saturated rings. The van der Waals surface area contributed by atoms with Crippen molar-refractivity contribution < 1.29 is 64.1 Å². The van der Waals surface area contributed by atoms with E-state index < -0.39 is 58.8 Å². The highest BCUT2D eigenvalue weighted by Crippen LogP contribution is 2.41. The highest BCUT2D eigenvalue weighted by Gasteiger charge is 2.39. The summed E-state index contributed by atoms with van der Waals surface area (Å²) in [4.78, 5) is 49.1. The maximum atomic E-state index is 15.1. The fraction of sp³-hybridized carbons (Fsp3) is 0.333. The molecule has 10 nitrogen and oxygen atoms in total. The molecule has 2 aromatic heterocycles. The Hall–Kier alpha value is -5.62. The third-order valence-electron chi connectivity index (χ3n) is 9.65. The SMILES string of the molecule is COC1CCC(NC/C=C/C(=O)Nc2c(F)cc(C(=O)c3ccc4c(-c5cc6c(cc5C(F)(F)F)CCN(C)C6=O)cccn34)cc2F)CC1.O=C(O)C(F)(F)F. The molecular formula is C39H36F8N4O6.